The molecule has 2 N–H and O–H groups in total. The van der Waals surface area contributed by atoms with Crippen molar-refractivity contribution in [1.29, 1.82) is 0 Å². The maximum atomic E-state index is 13.1. The first-order valence-corrected chi connectivity index (χ1v) is 8.49. The Kier molecular flexibility index (Phi) is 3.68. The fourth-order valence-corrected chi connectivity index (χ4v) is 3.70. The molecule has 2 aromatic rings. The monoisotopic (exact) mass is 374 g/mol. The van der Waals surface area contributed by atoms with Crippen LogP contribution in [0.25, 0.3) is 0 Å². The minimum absolute atomic E-state index is 0.00514. The number of carbonyl (C=O) groups excluding carboxylic acids is 4. The average Bonchev–Trinajstić information content (AvgIpc) is 2.63. The molecule has 0 aliphatic heterocycles. The molecule has 0 bridgehead atoms. The van der Waals surface area contributed by atoms with Gasteiger partial charge in [-0.2, -0.15) is 0 Å². The summed E-state index contributed by atoms with van der Waals surface area (Å²) in [5.41, 5.74) is -0.199. The van der Waals surface area contributed by atoms with E-state index in [-0.39, 0.29) is 50.5 Å². The van der Waals surface area contributed by atoms with Crippen LogP contribution in [0.1, 0.15) is 53.9 Å². The number of carbonyl (C=O) groups is 4. The molecule has 2 aromatic carbocycles. The van der Waals surface area contributed by atoms with E-state index in [9.17, 15) is 29.4 Å². The average molecular weight is 374 g/mol. The Morgan fingerprint density at radius 2 is 1.43 bits per heavy atom. The molecule has 0 unspecified atom stereocenters. The van der Waals surface area contributed by atoms with Crippen LogP contribution >= 0.6 is 0 Å². The van der Waals surface area contributed by atoms with Crippen molar-refractivity contribution in [1.82, 2.24) is 0 Å². The van der Waals surface area contributed by atoms with Crippen LogP contribution in [0.3, 0.4) is 0 Å². The van der Waals surface area contributed by atoms with Crippen LogP contribution in [0, 0.1) is 6.92 Å². The maximum absolute atomic E-state index is 13.1. The van der Waals surface area contributed by atoms with E-state index in [2.05, 4.69) is 0 Å². The number of aryl methyl sites for hydroxylation is 1. The standard InChI is InChI=1S/C22H14O6/c1-9-6-12-15(24)8-13(21(27)19(12)16(25)7-9)17-10(2)20(26)11-4-3-5-14(23)18(11)22(17)28/h3-8,23,25H,1-2H3. The summed E-state index contributed by atoms with van der Waals surface area (Å²) in [5.74, 6) is -3.24. The van der Waals surface area contributed by atoms with Gasteiger partial charge in [0, 0.05) is 27.8 Å². The number of fused-ring (bicyclic) bond motifs is 2. The Labute approximate surface area is 159 Å². The normalized spacial score (nSPS) is 16.1. The second-order valence-corrected chi connectivity index (χ2v) is 6.82. The number of benzene rings is 2. The molecular weight excluding hydrogens is 360 g/mol. The fourth-order valence-electron chi connectivity index (χ4n) is 3.70. The highest BCUT2D eigenvalue weighted by atomic mass is 16.3. The lowest BCUT2D eigenvalue weighted by Gasteiger charge is -2.23. The number of hydrogen-bond acceptors (Lipinski definition) is 6. The summed E-state index contributed by atoms with van der Waals surface area (Å²) in [6.45, 7) is 3.07. The van der Waals surface area contributed by atoms with Crippen LogP contribution in [0.2, 0.25) is 0 Å². The number of ketones is 4. The first-order valence-electron chi connectivity index (χ1n) is 8.49. The highest BCUT2D eigenvalue weighted by Crippen LogP contribution is 2.39. The van der Waals surface area contributed by atoms with E-state index in [1.165, 1.54) is 37.3 Å². The van der Waals surface area contributed by atoms with Gasteiger partial charge in [0.2, 0.25) is 0 Å². The molecule has 0 fully saturated rings. The molecule has 0 aromatic heterocycles. The largest absolute Gasteiger partial charge is 0.507 e. The van der Waals surface area contributed by atoms with E-state index >= 15 is 0 Å². The lowest BCUT2D eigenvalue weighted by atomic mass is 9.76. The van der Waals surface area contributed by atoms with Crippen LogP contribution in [-0.2, 0) is 0 Å². The van der Waals surface area contributed by atoms with E-state index in [0.717, 1.165) is 6.08 Å². The van der Waals surface area contributed by atoms with Gasteiger partial charge in [0.25, 0.3) is 0 Å². The lowest BCUT2D eigenvalue weighted by Crippen LogP contribution is -2.27. The lowest BCUT2D eigenvalue weighted by molar-refractivity contribution is 0.0954. The minimum atomic E-state index is -0.721. The third kappa shape index (κ3) is 2.28. The molecule has 4 rings (SSSR count). The van der Waals surface area contributed by atoms with Gasteiger partial charge < -0.3 is 10.2 Å². The van der Waals surface area contributed by atoms with Gasteiger partial charge in [-0.1, -0.05) is 12.1 Å². The topological polar surface area (TPSA) is 109 Å². The summed E-state index contributed by atoms with van der Waals surface area (Å²) in [5, 5.41) is 20.3. The minimum Gasteiger partial charge on any atom is -0.507 e. The number of Topliss-reactive ketones (excluding diaryl/α,β-unsaturated/α-hetero) is 3. The van der Waals surface area contributed by atoms with Crippen LogP contribution in [0.15, 0.2) is 53.1 Å². The molecule has 2 aliphatic carbocycles. The van der Waals surface area contributed by atoms with E-state index < -0.39 is 23.1 Å². The van der Waals surface area contributed by atoms with Gasteiger partial charge >= 0.3 is 0 Å². The highest BCUT2D eigenvalue weighted by Gasteiger charge is 2.39. The predicted octanol–water partition coefficient (Wildman–Crippen LogP) is 3.11. The summed E-state index contributed by atoms with van der Waals surface area (Å²) < 4.78 is 0. The SMILES string of the molecule is CC1=C(C2=CC(=O)c3cc(C)cc(O)c3C2=O)C(=O)c2c(O)cccc2C1=O. The molecule has 0 amide bonds. The quantitative estimate of drug-likeness (QED) is 0.794. The molecule has 0 saturated heterocycles. The van der Waals surface area contributed by atoms with Crippen LogP contribution in [0.5, 0.6) is 11.5 Å². The third-order valence-corrected chi connectivity index (χ3v) is 5.00. The van der Waals surface area contributed by atoms with Crippen molar-refractivity contribution in [3.63, 3.8) is 0 Å². The molecule has 0 atom stereocenters. The van der Waals surface area contributed by atoms with Gasteiger partial charge in [-0.05, 0) is 43.7 Å². The number of phenolic OH excluding ortho intramolecular Hbond substituents is 2. The molecule has 138 valence electrons. The maximum Gasteiger partial charge on any atom is 0.198 e. The number of aromatic hydroxyl groups is 2. The molecule has 0 saturated carbocycles. The molecular formula is C22H14O6. The number of phenols is 2. The zero-order chi connectivity index (χ0) is 20.3. The molecule has 0 radical (unpaired) electrons. The Morgan fingerprint density at radius 1 is 0.750 bits per heavy atom. The fraction of sp³-hybridized carbons (Fsp3) is 0.0909. The van der Waals surface area contributed by atoms with Gasteiger partial charge in [0.1, 0.15) is 11.5 Å². The molecule has 28 heavy (non-hydrogen) atoms. The Bertz CT molecular complexity index is 1210. The van der Waals surface area contributed by atoms with E-state index in [1.807, 2.05) is 0 Å². The van der Waals surface area contributed by atoms with Crippen molar-refractivity contribution in [3.8, 4) is 11.5 Å². The second-order valence-electron chi connectivity index (χ2n) is 6.82. The van der Waals surface area contributed by atoms with E-state index in [0.29, 0.717) is 5.56 Å². The van der Waals surface area contributed by atoms with Gasteiger partial charge in [0.05, 0.1) is 11.1 Å². The van der Waals surface area contributed by atoms with Crippen molar-refractivity contribution in [2.75, 3.05) is 0 Å². The summed E-state index contributed by atoms with van der Waals surface area (Å²) in [4.78, 5) is 51.4. The molecule has 2 aliphatic rings. The third-order valence-electron chi connectivity index (χ3n) is 5.00. The highest BCUT2D eigenvalue weighted by molar-refractivity contribution is 6.36. The second kappa shape index (κ2) is 5.85. The van der Waals surface area contributed by atoms with Gasteiger partial charge in [0.15, 0.2) is 23.1 Å². The molecule has 6 heteroatoms. The summed E-state index contributed by atoms with van der Waals surface area (Å²) in [6, 6.07) is 6.97. The van der Waals surface area contributed by atoms with Gasteiger partial charge in [-0.25, -0.2) is 0 Å². The number of rotatable bonds is 1. The van der Waals surface area contributed by atoms with Crippen molar-refractivity contribution in [2.24, 2.45) is 0 Å². The smallest absolute Gasteiger partial charge is 0.198 e. The molecule has 6 nitrogen and oxygen atoms in total. The van der Waals surface area contributed by atoms with Crippen molar-refractivity contribution in [3.05, 3.63) is 80.9 Å². The zero-order valence-corrected chi connectivity index (χ0v) is 15.0. The van der Waals surface area contributed by atoms with Gasteiger partial charge in [-0.3, -0.25) is 19.2 Å². The summed E-state index contributed by atoms with van der Waals surface area (Å²) in [7, 11) is 0. The van der Waals surface area contributed by atoms with Crippen LogP contribution in [0.4, 0.5) is 0 Å². The summed E-state index contributed by atoms with van der Waals surface area (Å²) >= 11 is 0. The van der Waals surface area contributed by atoms with E-state index in [1.54, 1.807) is 6.92 Å². The Hall–Kier alpha value is -3.80. The Balaban J connectivity index is 1.95. The Morgan fingerprint density at radius 3 is 2.14 bits per heavy atom. The van der Waals surface area contributed by atoms with Crippen molar-refractivity contribution >= 4 is 23.1 Å². The number of allylic oxidation sites excluding steroid dienone is 4. The summed E-state index contributed by atoms with van der Waals surface area (Å²) in [6.07, 6.45) is 1.01. The van der Waals surface area contributed by atoms with Gasteiger partial charge in [-0.15, -0.1) is 0 Å². The zero-order valence-electron chi connectivity index (χ0n) is 15.0. The number of hydrogen-bond donors (Lipinski definition) is 2. The van der Waals surface area contributed by atoms with Crippen LogP contribution in [-0.4, -0.2) is 33.3 Å². The predicted molar refractivity (Wildman–Crippen MR) is 99.1 cm³/mol. The molecule has 0 spiro atoms. The van der Waals surface area contributed by atoms with Crippen molar-refractivity contribution in [2.45, 2.75) is 13.8 Å². The molecule has 0 heterocycles. The van der Waals surface area contributed by atoms with Crippen molar-refractivity contribution < 1.29 is 29.4 Å². The first kappa shape index (κ1) is 17.6. The first-order chi connectivity index (χ1) is 13.2. The van der Waals surface area contributed by atoms with Crippen LogP contribution < -0.4 is 0 Å². The van der Waals surface area contributed by atoms with E-state index in [4.69, 9.17) is 0 Å².